The van der Waals surface area contributed by atoms with Crippen LogP contribution in [-0.2, 0) is 14.3 Å². The van der Waals surface area contributed by atoms with Gasteiger partial charge in [-0.15, -0.1) is 0 Å². The number of esters is 1. The van der Waals surface area contributed by atoms with Crippen molar-refractivity contribution in [1.29, 1.82) is 0 Å². The number of unbranched alkanes of at least 4 members (excludes halogenated alkanes) is 1. The fourth-order valence-corrected chi connectivity index (χ4v) is 4.63. The second-order valence-electron chi connectivity index (χ2n) is 8.80. The maximum absolute atomic E-state index is 13.4. The molecule has 2 aromatic carbocycles. The Bertz CT molecular complexity index is 1120. The summed E-state index contributed by atoms with van der Waals surface area (Å²) in [6.45, 7) is 4.90. The summed E-state index contributed by atoms with van der Waals surface area (Å²) in [5.74, 6) is 0.502. The van der Waals surface area contributed by atoms with Gasteiger partial charge in [-0.3, -0.25) is 4.79 Å². The molecule has 0 amide bonds. The third kappa shape index (κ3) is 5.76. The van der Waals surface area contributed by atoms with Crippen molar-refractivity contribution in [2.75, 3.05) is 19.8 Å². The predicted molar refractivity (Wildman–Crippen MR) is 134 cm³/mol. The third-order valence-corrected chi connectivity index (χ3v) is 6.31. The average Bonchev–Trinajstić information content (AvgIpc) is 2.87. The summed E-state index contributed by atoms with van der Waals surface area (Å²) < 4.78 is 17.4. The lowest BCUT2D eigenvalue weighted by atomic mass is 9.75. The molecule has 184 valence electrons. The number of hydrogen-bond acceptors (Lipinski definition) is 6. The van der Waals surface area contributed by atoms with Gasteiger partial charge in [-0.2, -0.15) is 0 Å². The van der Waals surface area contributed by atoms with E-state index in [1.807, 2.05) is 61.5 Å². The van der Waals surface area contributed by atoms with Gasteiger partial charge < -0.3 is 19.5 Å². The minimum Gasteiger partial charge on any atom is -0.493 e. The number of carbonyl (C=O) groups is 2. The summed E-state index contributed by atoms with van der Waals surface area (Å²) in [7, 11) is 0. The van der Waals surface area contributed by atoms with Crippen LogP contribution in [-0.4, -0.2) is 31.6 Å². The van der Waals surface area contributed by atoms with Crippen LogP contribution < -0.4 is 14.8 Å². The van der Waals surface area contributed by atoms with Gasteiger partial charge in [0, 0.05) is 29.0 Å². The van der Waals surface area contributed by atoms with Crippen LogP contribution >= 0.6 is 0 Å². The first-order valence-corrected chi connectivity index (χ1v) is 12.4. The number of rotatable bonds is 10. The minimum atomic E-state index is -0.528. The molecule has 0 bridgehead atoms. The van der Waals surface area contributed by atoms with E-state index in [4.69, 9.17) is 14.2 Å². The highest BCUT2D eigenvalue weighted by Gasteiger charge is 2.40. The Balaban J connectivity index is 1.60. The van der Waals surface area contributed by atoms with E-state index < -0.39 is 11.9 Å². The van der Waals surface area contributed by atoms with Crippen LogP contribution in [0.1, 0.15) is 57.4 Å². The Labute approximate surface area is 207 Å². The lowest BCUT2D eigenvalue weighted by Gasteiger charge is -2.34. The quantitative estimate of drug-likeness (QED) is 0.364. The zero-order valence-electron chi connectivity index (χ0n) is 20.5. The van der Waals surface area contributed by atoms with Crippen LogP contribution in [0.15, 0.2) is 77.1 Å². The molecule has 0 saturated heterocycles. The van der Waals surface area contributed by atoms with Gasteiger partial charge in [-0.25, -0.2) is 4.79 Å². The predicted octanol–water partition coefficient (Wildman–Crippen LogP) is 5.46. The van der Waals surface area contributed by atoms with Gasteiger partial charge in [0.1, 0.15) is 24.7 Å². The van der Waals surface area contributed by atoms with Gasteiger partial charge in [0.15, 0.2) is 5.78 Å². The first kappa shape index (κ1) is 24.6. The first-order chi connectivity index (χ1) is 17.1. The van der Waals surface area contributed by atoms with Gasteiger partial charge in [0.25, 0.3) is 0 Å². The van der Waals surface area contributed by atoms with Crippen LogP contribution in [0.4, 0.5) is 0 Å². The second kappa shape index (κ2) is 11.7. The monoisotopic (exact) mass is 475 g/mol. The molecule has 35 heavy (non-hydrogen) atoms. The number of ether oxygens (including phenoxy) is 3. The van der Waals surface area contributed by atoms with E-state index in [1.165, 1.54) is 0 Å². The Kier molecular flexibility index (Phi) is 8.24. The van der Waals surface area contributed by atoms with Crippen LogP contribution in [0.2, 0.25) is 0 Å². The Hall–Kier alpha value is -3.54. The minimum absolute atomic E-state index is 0.0670. The molecule has 2 aromatic rings. The molecule has 6 heteroatoms. The molecule has 0 aromatic heterocycles. The van der Waals surface area contributed by atoms with Crippen molar-refractivity contribution in [2.45, 2.75) is 51.9 Å². The molecule has 1 unspecified atom stereocenters. The SMILES string of the molecule is CCCCOc1ccccc1C1C(C(=O)OCCOc2ccccc2)=C(C)NC2=C1C(=O)CCC2. The van der Waals surface area contributed by atoms with E-state index in [1.54, 1.807) is 0 Å². The first-order valence-electron chi connectivity index (χ1n) is 12.4. The topological polar surface area (TPSA) is 73.9 Å². The van der Waals surface area contributed by atoms with Crippen molar-refractivity contribution in [3.63, 3.8) is 0 Å². The number of ketones is 1. The van der Waals surface area contributed by atoms with E-state index in [0.717, 1.165) is 42.7 Å². The van der Waals surface area contributed by atoms with Crippen molar-refractivity contribution < 1.29 is 23.8 Å². The van der Waals surface area contributed by atoms with Gasteiger partial charge >= 0.3 is 5.97 Å². The standard InChI is InChI=1S/C29H33NO5/c1-3-4-17-34-25-16-9-8-13-22(25)27-26(20(2)30-23-14-10-15-24(31)28(23)27)29(32)35-19-18-33-21-11-6-5-7-12-21/h5-9,11-13,16,27,30H,3-4,10,14-15,17-19H2,1-2H3. The number of Topliss-reactive ketones (excluding diaryl/α,β-unsaturated/α-hetero) is 1. The molecule has 1 heterocycles. The molecule has 4 rings (SSSR count). The number of nitrogens with one attached hydrogen (secondary N) is 1. The van der Waals surface area contributed by atoms with E-state index in [2.05, 4.69) is 12.2 Å². The van der Waals surface area contributed by atoms with E-state index in [-0.39, 0.29) is 19.0 Å². The van der Waals surface area contributed by atoms with Crippen molar-refractivity contribution in [3.05, 3.63) is 82.7 Å². The molecule has 6 nitrogen and oxygen atoms in total. The molecule has 0 saturated carbocycles. The molecular weight excluding hydrogens is 442 g/mol. The largest absolute Gasteiger partial charge is 0.493 e. The number of allylic oxidation sites excluding steroid dienone is 3. The van der Waals surface area contributed by atoms with E-state index in [9.17, 15) is 9.59 Å². The molecule has 1 aliphatic carbocycles. The third-order valence-electron chi connectivity index (χ3n) is 6.31. The van der Waals surface area contributed by atoms with E-state index in [0.29, 0.717) is 35.6 Å². The Morgan fingerprint density at radius 3 is 2.54 bits per heavy atom. The average molecular weight is 476 g/mol. The summed E-state index contributed by atoms with van der Waals surface area (Å²) >= 11 is 0. The van der Waals surface area contributed by atoms with Crippen LogP contribution in [0.3, 0.4) is 0 Å². The normalized spacial score (nSPS) is 17.5. The zero-order valence-corrected chi connectivity index (χ0v) is 20.5. The molecule has 0 spiro atoms. The highest BCUT2D eigenvalue weighted by atomic mass is 16.6. The lowest BCUT2D eigenvalue weighted by Crippen LogP contribution is -2.34. The van der Waals surface area contributed by atoms with Crippen LogP contribution in [0.5, 0.6) is 11.5 Å². The van der Waals surface area contributed by atoms with Crippen molar-refractivity contribution in [2.24, 2.45) is 0 Å². The van der Waals surface area contributed by atoms with Crippen molar-refractivity contribution in [1.82, 2.24) is 5.32 Å². The number of para-hydroxylation sites is 2. The van der Waals surface area contributed by atoms with Gasteiger partial charge in [0.2, 0.25) is 0 Å². The van der Waals surface area contributed by atoms with Gasteiger partial charge in [-0.1, -0.05) is 49.7 Å². The molecule has 1 atom stereocenters. The fourth-order valence-electron chi connectivity index (χ4n) is 4.63. The highest BCUT2D eigenvalue weighted by Crippen LogP contribution is 2.45. The molecule has 1 aliphatic heterocycles. The lowest BCUT2D eigenvalue weighted by molar-refractivity contribution is -0.140. The Morgan fingerprint density at radius 1 is 0.971 bits per heavy atom. The van der Waals surface area contributed by atoms with Crippen molar-refractivity contribution in [3.8, 4) is 11.5 Å². The number of hydrogen-bond donors (Lipinski definition) is 1. The summed E-state index contributed by atoms with van der Waals surface area (Å²) in [6.07, 6.45) is 4.00. The zero-order chi connectivity index (χ0) is 24.6. The summed E-state index contributed by atoms with van der Waals surface area (Å²) in [5, 5.41) is 3.33. The molecular formula is C29H33NO5. The smallest absolute Gasteiger partial charge is 0.336 e. The van der Waals surface area contributed by atoms with Gasteiger partial charge in [-0.05, 0) is 44.4 Å². The molecule has 2 aliphatic rings. The Morgan fingerprint density at radius 2 is 1.74 bits per heavy atom. The van der Waals surface area contributed by atoms with Crippen molar-refractivity contribution >= 4 is 11.8 Å². The highest BCUT2D eigenvalue weighted by molar-refractivity contribution is 6.04. The number of dihydropyridines is 1. The summed E-state index contributed by atoms with van der Waals surface area (Å²) in [6, 6.07) is 17.1. The molecule has 1 N–H and O–H groups in total. The van der Waals surface area contributed by atoms with Crippen LogP contribution in [0, 0.1) is 0 Å². The molecule has 0 radical (unpaired) electrons. The number of carbonyl (C=O) groups excluding carboxylic acids is 2. The van der Waals surface area contributed by atoms with Crippen LogP contribution in [0.25, 0.3) is 0 Å². The maximum Gasteiger partial charge on any atom is 0.336 e. The van der Waals surface area contributed by atoms with E-state index >= 15 is 0 Å². The fraction of sp³-hybridized carbons (Fsp3) is 0.379. The maximum atomic E-state index is 13.4. The molecule has 0 fully saturated rings. The van der Waals surface area contributed by atoms with Gasteiger partial charge in [0.05, 0.1) is 18.1 Å². The summed E-state index contributed by atoms with van der Waals surface area (Å²) in [4.78, 5) is 26.5. The number of benzene rings is 2. The second-order valence-corrected chi connectivity index (χ2v) is 8.80. The summed E-state index contributed by atoms with van der Waals surface area (Å²) in [5.41, 5.74) is 3.53.